The maximum absolute atomic E-state index is 8.91. The average molecular weight is 191 g/mol. The second kappa shape index (κ2) is 7.26. The smallest absolute Gasteiger partial charge is 0.0617 e. The lowest BCUT2D eigenvalue weighted by Crippen LogP contribution is -2.35. The maximum Gasteiger partial charge on any atom is 0.0617 e. The highest BCUT2D eigenvalue weighted by molar-refractivity contribution is 4.70. The first-order valence-corrected chi connectivity index (χ1v) is 4.52. The summed E-state index contributed by atoms with van der Waals surface area (Å²) >= 11 is 0. The summed E-state index contributed by atoms with van der Waals surface area (Å²) in [4.78, 5) is 2.04. The number of methoxy groups -OCH3 is 1. The molecule has 4 heteroatoms. The van der Waals surface area contributed by atoms with E-state index in [2.05, 4.69) is 0 Å². The summed E-state index contributed by atoms with van der Waals surface area (Å²) in [5.74, 6) is -0.0393. The minimum Gasteiger partial charge on any atom is -0.396 e. The number of hydrogen-bond donors (Lipinski definition) is 2. The summed E-state index contributed by atoms with van der Waals surface area (Å²) in [6.07, 6.45) is 0.758. The van der Waals surface area contributed by atoms with Gasteiger partial charge in [0, 0.05) is 32.3 Å². The van der Waals surface area contributed by atoms with Crippen LogP contribution in [0.3, 0.4) is 0 Å². The molecule has 1 unspecified atom stereocenters. The molecule has 80 valence electrons. The van der Waals surface area contributed by atoms with E-state index in [1.54, 1.807) is 7.11 Å². The van der Waals surface area contributed by atoms with Crippen LogP contribution < -0.4 is 0 Å². The first-order valence-electron chi connectivity index (χ1n) is 4.52. The van der Waals surface area contributed by atoms with Gasteiger partial charge in [-0.3, -0.25) is 0 Å². The first kappa shape index (κ1) is 12.8. The highest BCUT2D eigenvalue weighted by Gasteiger charge is 2.16. The van der Waals surface area contributed by atoms with Crippen LogP contribution >= 0.6 is 0 Å². The van der Waals surface area contributed by atoms with Crippen molar-refractivity contribution in [3.05, 3.63) is 0 Å². The zero-order valence-electron chi connectivity index (χ0n) is 8.73. The van der Waals surface area contributed by atoms with Crippen LogP contribution in [0.25, 0.3) is 0 Å². The van der Waals surface area contributed by atoms with Gasteiger partial charge in [0.2, 0.25) is 0 Å². The molecule has 0 aliphatic rings. The number of nitrogens with zero attached hydrogens (tertiary/aromatic N) is 1. The Balaban J connectivity index is 3.91. The molecule has 0 heterocycles. The van der Waals surface area contributed by atoms with E-state index >= 15 is 0 Å². The van der Waals surface area contributed by atoms with Crippen molar-refractivity contribution in [3.63, 3.8) is 0 Å². The van der Waals surface area contributed by atoms with Crippen LogP contribution in [0.2, 0.25) is 0 Å². The lowest BCUT2D eigenvalue weighted by molar-refractivity contribution is 0.0745. The summed E-state index contributed by atoms with van der Waals surface area (Å²) in [7, 11) is 5.59. The Kier molecular flexibility index (Phi) is 7.17. The van der Waals surface area contributed by atoms with Gasteiger partial charge in [0.05, 0.1) is 6.61 Å². The number of hydrogen-bond acceptors (Lipinski definition) is 4. The molecule has 2 N–H and O–H groups in total. The average Bonchev–Trinajstić information content (AvgIpc) is 2.11. The van der Waals surface area contributed by atoms with Crippen molar-refractivity contribution in [2.75, 3.05) is 41.0 Å². The molecule has 0 radical (unpaired) electrons. The lowest BCUT2D eigenvalue weighted by atomic mass is 10.0. The zero-order valence-corrected chi connectivity index (χ0v) is 8.73. The quantitative estimate of drug-likeness (QED) is 0.572. The van der Waals surface area contributed by atoms with Crippen molar-refractivity contribution in [1.82, 2.24) is 4.90 Å². The SMILES string of the molecule is COCC(CC(CO)CO)N(C)C. The largest absolute Gasteiger partial charge is 0.396 e. The van der Waals surface area contributed by atoms with Gasteiger partial charge in [-0.25, -0.2) is 0 Å². The van der Waals surface area contributed by atoms with Gasteiger partial charge in [-0.1, -0.05) is 0 Å². The summed E-state index contributed by atoms with van der Waals surface area (Å²) in [5.41, 5.74) is 0. The summed E-state index contributed by atoms with van der Waals surface area (Å²) < 4.78 is 5.05. The normalized spacial score (nSPS) is 14.1. The number of aliphatic hydroxyl groups is 2. The fraction of sp³-hybridized carbons (Fsp3) is 1.00. The molecular formula is C9H21NO3. The van der Waals surface area contributed by atoms with Crippen LogP contribution in [0.1, 0.15) is 6.42 Å². The van der Waals surface area contributed by atoms with E-state index in [0.717, 1.165) is 6.42 Å². The van der Waals surface area contributed by atoms with Crippen molar-refractivity contribution in [3.8, 4) is 0 Å². The molecule has 0 aromatic rings. The standard InChI is InChI=1S/C9H21NO3/c1-10(2)9(7-13-3)4-8(5-11)6-12/h8-9,11-12H,4-7H2,1-3H3. The molecule has 0 aliphatic carbocycles. The molecule has 13 heavy (non-hydrogen) atoms. The predicted molar refractivity (Wildman–Crippen MR) is 51.6 cm³/mol. The molecule has 0 aromatic carbocycles. The highest BCUT2D eigenvalue weighted by atomic mass is 16.5. The molecule has 4 nitrogen and oxygen atoms in total. The molecule has 0 aliphatic heterocycles. The van der Waals surface area contributed by atoms with E-state index in [1.807, 2.05) is 19.0 Å². The molecule has 0 amide bonds. The number of likely N-dealkylation sites (N-methyl/N-ethyl adjacent to an activating group) is 1. The molecule has 0 bridgehead atoms. The zero-order chi connectivity index (χ0) is 10.3. The molecule has 0 fully saturated rings. The van der Waals surface area contributed by atoms with Crippen LogP contribution in [0, 0.1) is 5.92 Å². The number of ether oxygens (including phenoxy) is 1. The summed E-state index contributed by atoms with van der Waals surface area (Å²) in [5, 5.41) is 17.8. The predicted octanol–water partition coefficient (Wildman–Crippen LogP) is -0.446. The van der Waals surface area contributed by atoms with Crippen molar-refractivity contribution in [2.45, 2.75) is 12.5 Å². The second-order valence-electron chi connectivity index (χ2n) is 3.54. The van der Waals surface area contributed by atoms with Crippen molar-refractivity contribution < 1.29 is 14.9 Å². The molecule has 1 atom stereocenters. The van der Waals surface area contributed by atoms with Crippen molar-refractivity contribution in [2.24, 2.45) is 5.92 Å². The van der Waals surface area contributed by atoms with Gasteiger partial charge in [0.25, 0.3) is 0 Å². The Morgan fingerprint density at radius 3 is 2.08 bits per heavy atom. The third-order valence-electron chi connectivity index (χ3n) is 2.21. The fourth-order valence-electron chi connectivity index (χ4n) is 1.21. The Bertz CT molecular complexity index is 115. The van der Waals surface area contributed by atoms with Gasteiger partial charge >= 0.3 is 0 Å². The molecule has 0 rings (SSSR count). The number of rotatable bonds is 7. The van der Waals surface area contributed by atoms with E-state index < -0.39 is 0 Å². The fourth-order valence-corrected chi connectivity index (χ4v) is 1.21. The Morgan fingerprint density at radius 2 is 1.77 bits per heavy atom. The van der Waals surface area contributed by atoms with E-state index in [1.165, 1.54) is 0 Å². The molecule has 0 saturated heterocycles. The molecule has 0 saturated carbocycles. The second-order valence-corrected chi connectivity index (χ2v) is 3.54. The monoisotopic (exact) mass is 191 g/mol. The Hall–Kier alpha value is -0.160. The van der Waals surface area contributed by atoms with Gasteiger partial charge in [-0.2, -0.15) is 0 Å². The summed E-state index contributed by atoms with van der Waals surface area (Å²) in [6, 6.07) is 0.259. The van der Waals surface area contributed by atoms with Crippen molar-refractivity contribution in [1.29, 1.82) is 0 Å². The highest BCUT2D eigenvalue weighted by Crippen LogP contribution is 2.09. The van der Waals surface area contributed by atoms with Crippen LogP contribution in [-0.4, -0.2) is 62.2 Å². The van der Waals surface area contributed by atoms with Crippen LogP contribution in [0.4, 0.5) is 0 Å². The van der Waals surface area contributed by atoms with Gasteiger partial charge in [0.1, 0.15) is 0 Å². The van der Waals surface area contributed by atoms with E-state index in [-0.39, 0.29) is 25.2 Å². The lowest BCUT2D eigenvalue weighted by Gasteiger charge is -2.26. The molecule has 0 aromatic heterocycles. The summed E-state index contributed by atoms with van der Waals surface area (Å²) in [6.45, 7) is 0.693. The minimum absolute atomic E-state index is 0.0323. The maximum atomic E-state index is 8.91. The van der Waals surface area contributed by atoms with E-state index in [0.29, 0.717) is 6.61 Å². The Labute approximate surface area is 80.1 Å². The van der Waals surface area contributed by atoms with Gasteiger partial charge in [-0.05, 0) is 20.5 Å². The van der Waals surface area contributed by atoms with Crippen LogP contribution in [-0.2, 0) is 4.74 Å². The van der Waals surface area contributed by atoms with Crippen molar-refractivity contribution >= 4 is 0 Å². The van der Waals surface area contributed by atoms with Gasteiger partial charge in [-0.15, -0.1) is 0 Å². The van der Waals surface area contributed by atoms with Gasteiger partial charge in [0.15, 0.2) is 0 Å². The van der Waals surface area contributed by atoms with E-state index in [4.69, 9.17) is 14.9 Å². The van der Waals surface area contributed by atoms with Crippen LogP contribution in [0.5, 0.6) is 0 Å². The minimum atomic E-state index is -0.0393. The first-order chi connectivity index (χ1) is 6.15. The number of aliphatic hydroxyl groups excluding tert-OH is 2. The molecule has 0 spiro atoms. The van der Waals surface area contributed by atoms with Crippen LogP contribution in [0.15, 0.2) is 0 Å². The van der Waals surface area contributed by atoms with Gasteiger partial charge < -0.3 is 19.8 Å². The molecular weight excluding hydrogens is 170 g/mol. The topological polar surface area (TPSA) is 52.9 Å². The Morgan fingerprint density at radius 1 is 1.23 bits per heavy atom. The van der Waals surface area contributed by atoms with E-state index in [9.17, 15) is 0 Å². The third-order valence-corrected chi connectivity index (χ3v) is 2.21. The third kappa shape index (κ3) is 5.21.